The molecule has 2 aliphatic rings. The molecule has 0 fully saturated rings. The van der Waals surface area contributed by atoms with E-state index in [0.29, 0.717) is 11.6 Å². The minimum atomic E-state index is -0.100. The van der Waals surface area contributed by atoms with E-state index < -0.39 is 0 Å². The van der Waals surface area contributed by atoms with Gasteiger partial charge >= 0.3 is 0 Å². The molecule has 0 amide bonds. The van der Waals surface area contributed by atoms with Crippen LogP contribution in [0.15, 0.2) is 84.9 Å². The molecule has 2 aliphatic carbocycles. The fourth-order valence-corrected chi connectivity index (χ4v) is 6.63. The molecule has 37 heavy (non-hydrogen) atoms. The van der Waals surface area contributed by atoms with Crippen LogP contribution in [-0.2, 0) is 10.8 Å². The molecule has 4 heteroatoms. The fourth-order valence-electron chi connectivity index (χ4n) is 6.47. The van der Waals surface area contributed by atoms with Crippen LogP contribution in [0.5, 0.6) is 0 Å². The van der Waals surface area contributed by atoms with Gasteiger partial charge in [0.05, 0.1) is 0 Å². The van der Waals surface area contributed by atoms with Crippen molar-refractivity contribution in [2.75, 3.05) is 0 Å². The first-order valence-corrected chi connectivity index (χ1v) is 13.1. The average molecular weight is 500 g/mol. The van der Waals surface area contributed by atoms with Crippen molar-refractivity contribution in [2.45, 2.75) is 38.5 Å². The number of nitrogens with zero attached hydrogens (tertiary/aromatic N) is 3. The lowest BCUT2D eigenvalue weighted by Gasteiger charge is -2.21. The Morgan fingerprint density at radius 2 is 0.838 bits per heavy atom. The summed E-state index contributed by atoms with van der Waals surface area (Å²) in [6.45, 7) is 9.11. The standard InChI is InChI=1S/C33H26ClN3/c1-32(2)23-15-7-5-11-19(23)27-21(13-9-17-25(27)32)29-35-30(37-31(34)36-29)22-14-10-18-26-28(22)20-12-6-8-16-24(20)33(26,3)4/h5-18H,1-4H3. The Kier molecular flexibility index (Phi) is 4.59. The van der Waals surface area contributed by atoms with Crippen molar-refractivity contribution in [3.05, 3.63) is 112 Å². The summed E-state index contributed by atoms with van der Waals surface area (Å²) < 4.78 is 0. The van der Waals surface area contributed by atoms with Crippen LogP contribution in [0.2, 0.25) is 5.28 Å². The lowest BCUT2D eigenvalue weighted by Crippen LogP contribution is -2.14. The van der Waals surface area contributed by atoms with E-state index in [4.69, 9.17) is 16.6 Å². The average Bonchev–Trinajstić information content (AvgIpc) is 3.29. The van der Waals surface area contributed by atoms with Gasteiger partial charge in [0.1, 0.15) is 0 Å². The number of aromatic nitrogens is 3. The van der Waals surface area contributed by atoms with Gasteiger partial charge in [0.25, 0.3) is 0 Å². The van der Waals surface area contributed by atoms with Crippen molar-refractivity contribution in [3.8, 4) is 45.0 Å². The molecule has 0 atom stereocenters. The molecule has 0 radical (unpaired) electrons. The van der Waals surface area contributed by atoms with Gasteiger partial charge in [-0.25, -0.2) is 4.98 Å². The Labute approximate surface area is 222 Å². The third kappa shape index (κ3) is 3.04. The number of fused-ring (bicyclic) bond motifs is 6. The van der Waals surface area contributed by atoms with E-state index in [1.807, 2.05) is 0 Å². The number of hydrogen-bond acceptors (Lipinski definition) is 3. The molecule has 0 saturated carbocycles. The summed E-state index contributed by atoms with van der Waals surface area (Å²) in [5.41, 5.74) is 11.8. The molecule has 4 aromatic carbocycles. The topological polar surface area (TPSA) is 38.7 Å². The van der Waals surface area contributed by atoms with Crippen molar-refractivity contribution in [3.63, 3.8) is 0 Å². The van der Waals surface area contributed by atoms with Crippen molar-refractivity contribution in [2.24, 2.45) is 0 Å². The molecule has 5 aromatic rings. The highest BCUT2D eigenvalue weighted by atomic mass is 35.5. The Balaban J connectivity index is 1.47. The molecule has 7 rings (SSSR count). The van der Waals surface area contributed by atoms with E-state index in [0.717, 1.165) is 11.1 Å². The maximum atomic E-state index is 6.60. The third-order valence-corrected chi connectivity index (χ3v) is 8.47. The minimum Gasteiger partial charge on any atom is -0.208 e. The minimum absolute atomic E-state index is 0.100. The fraction of sp³-hybridized carbons (Fsp3) is 0.182. The summed E-state index contributed by atoms with van der Waals surface area (Å²) in [6, 6.07) is 30.1. The molecule has 0 bridgehead atoms. The van der Waals surface area contributed by atoms with E-state index >= 15 is 0 Å². The molecular weight excluding hydrogens is 474 g/mol. The molecule has 3 nitrogen and oxygen atoms in total. The normalized spacial score (nSPS) is 15.6. The highest BCUT2D eigenvalue weighted by molar-refractivity contribution is 6.28. The van der Waals surface area contributed by atoms with Gasteiger partial charge in [-0.3, -0.25) is 0 Å². The summed E-state index contributed by atoms with van der Waals surface area (Å²) in [4.78, 5) is 14.3. The Morgan fingerprint density at radius 1 is 0.459 bits per heavy atom. The Hall–Kier alpha value is -3.82. The second-order valence-electron chi connectivity index (χ2n) is 11.0. The molecule has 1 heterocycles. The predicted octanol–water partition coefficient (Wildman–Crippen LogP) is 8.47. The zero-order valence-electron chi connectivity index (χ0n) is 21.3. The SMILES string of the molecule is CC1(C)c2ccccc2-c2c(-c3nc(Cl)nc(-c4cccc5c4-c4ccccc4C5(C)C)n3)cccc21. The zero-order chi connectivity index (χ0) is 25.5. The Bertz CT molecular complexity index is 1620. The largest absolute Gasteiger partial charge is 0.226 e. The van der Waals surface area contributed by atoms with Gasteiger partial charge in [0.15, 0.2) is 11.6 Å². The Morgan fingerprint density at radius 3 is 1.30 bits per heavy atom. The third-order valence-electron chi connectivity index (χ3n) is 8.31. The molecule has 0 saturated heterocycles. The second kappa shape index (κ2) is 7.60. The van der Waals surface area contributed by atoms with Crippen molar-refractivity contribution in [1.82, 2.24) is 15.0 Å². The highest BCUT2D eigenvalue weighted by Gasteiger charge is 2.38. The number of halogens is 1. The number of benzene rings is 4. The van der Waals surface area contributed by atoms with Gasteiger partial charge in [-0.05, 0) is 56.1 Å². The van der Waals surface area contributed by atoms with Crippen LogP contribution in [0, 0.1) is 0 Å². The lowest BCUT2D eigenvalue weighted by atomic mass is 9.82. The first-order valence-electron chi connectivity index (χ1n) is 12.7. The number of rotatable bonds is 2. The first kappa shape index (κ1) is 22.4. The maximum Gasteiger partial charge on any atom is 0.226 e. The van der Waals surface area contributed by atoms with Crippen LogP contribution in [0.3, 0.4) is 0 Å². The van der Waals surface area contributed by atoms with Gasteiger partial charge in [0, 0.05) is 22.0 Å². The second-order valence-corrected chi connectivity index (χ2v) is 11.4. The number of hydrogen-bond donors (Lipinski definition) is 0. The first-order chi connectivity index (χ1) is 17.8. The summed E-state index contributed by atoms with van der Waals surface area (Å²) in [5.74, 6) is 1.20. The molecule has 0 unspecified atom stereocenters. The molecule has 0 N–H and O–H groups in total. The van der Waals surface area contributed by atoms with Crippen LogP contribution in [-0.4, -0.2) is 15.0 Å². The van der Waals surface area contributed by atoms with Gasteiger partial charge in [0.2, 0.25) is 5.28 Å². The van der Waals surface area contributed by atoms with Gasteiger partial charge < -0.3 is 0 Å². The van der Waals surface area contributed by atoms with E-state index in [1.54, 1.807) is 0 Å². The van der Waals surface area contributed by atoms with E-state index in [1.165, 1.54) is 44.5 Å². The van der Waals surface area contributed by atoms with Crippen LogP contribution >= 0.6 is 11.6 Å². The lowest BCUT2D eigenvalue weighted by molar-refractivity contribution is 0.660. The van der Waals surface area contributed by atoms with Crippen molar-refractivity contribution in [1.29, 1.82) is 0 Å². The highest BCUT2D eigenvalue weighted by Crippen LogP contribution is 2.53. The van der Waals surface area contributed by atoms with Gasteiger partial charge in [-0.15, -0.1) is 0 Å². The van der Waals surface area contributed by atoms with Gasteiger partial charge in [-0.1, -0.05) is 113 Å². The van der Waals surface area contributed by atoms with E-state index in [2.05, 4.69) is 123 Å². The summed E-state index contributed by atoms with van der Waals surface area (Å²) in [6.07, 6.45) is 0. The molecule has 180 valence electrons. The zero-order valence-corrected chi connectivity index (χ0v) is 22.1. The predicted molar refractivity (Wildman–Crippen MR) is 151 cm³/mol. The van der Waals surface area contributed by atoms with Crippen LogP contribution in [0.4, 0.5) is 0 Å². The van der Waals surface area contributed by atoms with Crippen LogP contribution in [0.25, 0.3) is 45.0 Å². The van der Waals surface area contributed by atoms with Crippen molar-refractivity contribution < 1.29 is 0 Å². The molecular formula is C33H26ClN3. The quantitative estimate of drug-likeness (QED) is 0.244. The van der Waals surface area contributed by atoms with Crippen LogP contribution in [0.1, 0.15) is 49.9 Å². The van der Waals surface area contributed by atoms with Crippen LogP contribution < -0.4 is 0 Å². The molecule has 1 aromatic heterocycles. The molecule has 0 aliphatic heterocycles. The van der Waals surface area contributed by atoms with E-state index in [-0.39, 0.29) is 16.1 Å². The summed E-state index contributed by atoms with van der Waals surface area (Å²) in [7, 11) is 0. The molecule has 0 spiro atoms. The summed E-state index contributed by atoms with van der Waals surface area (Å²) >= 11 is 6.60. The van der Waals surface area contributed by atoms with Gasteiger partial charge in [-0.2, -0.15) is 9.97 Å². The van der Waals surface area contributed by atoms with Crippen molar-refractivity contribution >= 4 is 11.6 Å². The monoisotopic (exact) mass is 499 g/mol. The van der Waals surface area contributed by atoms with E-state index in [9.17, 15) is 0 Å². The maximum absolute atomic E-state index is 6.60. The smallest absolute Gasteiger partial charge is 0.208 e. The summed E-state index contributed by atoms with van der Waals surface area (Å²) in [5, 5.41) is 0.200.